The topological polar surface area (TPSA) is 157 Å². The molecule has 1 unspecified atom stereocenters. The number of halogens is 3. The van der Waals surface area contributed by atoms with Gasteiger partial charge >= 0.3 is 6.09 Å². The predicted octanol–water partition coefficient (Wildman–Crippen LogP) is 6.17. The maximum atomic E-state index is 15.0. The Hall–Kier alpha value is -4.05. The number of ether oxygens (including phenoxy) is 1. The number of nitrogens with zero attached hydrogens (tertiary/aromatic N) is 3. The number of hydrogen-bond donors (Lipinski definition) is 5. The predicted molar refractivity (Wildman–Crippen MR) is 190 cm³/mol. The van der Waals surface area contributed by atoms with Gasteiger partial charge in [-0.05, 0) is 93.1 Å². The maximum Gasteiger partial charge on any atom is 0.407 e. The highest BCUT2D eigenvalue weighted by Crippen LogP contribution is 2.46. The van der Waals surface area contributed by atoms with Crippen molar-refractivity contribution in [2.45, 2.75) is 83.8 Å². The average molecular weight is 732 g/mol. The van der Waals surface area contributed by atoms with Crippen LogP contribution in [0.5, 0.6) is 0 Å². The van der Waals surface area contributed by atoms with Gasteiger partial charge in [-0.15, -0.1) is 0 Å². The monoisotopic (exact) mass is 731 g/mol. The van der Waals surface area contributed by atoms with Crippen LogP contribution in [0.15, 0.2) is 42.7 Å². The number of nitrogens with one attached hydrogen (secondary N) is 2. The Morgan fingerprint density at radius 1 is 1.06 bits per heavy atom. The van der Waals surface area contributed by atoms with E-state index < -0.39 is 73.4 Å². The van der Waals surface area contributed by atoms with Crippen LogP contribution < -0.4 is 15.5 Å². The molecule has 1 fully saturated rings. The molecule has 3 heterocycles. The number of pyridine rings is 2. The molecular formula is C36H48F3N5O6Si. The second-order valence-electron chi connectivity index (χ2n) is 15.4. The zero-order valence-corrected chi connectivity index (χ0v) is 31.2. The van der Waals surface area contributed by atoms with E-state index in [0.717, 1.165) is 24.3 Å². The van der Waals surface area contributed by atoms with Crippen molar-refractivity contribution >= 4 is 31.7 Å². The Labute approximate surface area is 297 Å². The van der Waals surface area contributed by atoms with E-state index in [1.54, 1.807) is 33.0 Å². The molecule has 15 heteroatoms. The number of rotatable bonds is 10. The maximum absolute atomic E-state index is 15.0. The first-order chi connectivity index (χ1) is 23.6. The zero-order valence-electron chi connectivity index (χ0n) is 30.2. The van der Waals surface area contributed by atoms with Crippen LogP contribution in [0.25, 0.3) is 11.3 Å². The summed E-state index contributed by atoms with van der Waals surface area (Å²) in [6, 6.07) is 4.78. The SMILES string of the molecule is C[C@H]1CN(c2ccncc2NC(=O)c2ccc(F)c(-c3c(F)cc([C@H](O)CO)cc3F)n2)CC(NC(=O)OC(C)(C)C)[C@@H]1CC(C)(C)[Si](C)(C)O. The minimum Gasteiger partial charge on any atom is -0.444 e. The van der Waals surface area contributed by atoms with Gasteiger partial charge in [0.1, 0.15) is 40.5 Å². The Balaban J connectivity index is 1.64. The first kappa shape index (κ1) is 39.7. The summed E-state index contributed by atoms with van der Waals surface area (Å²) in [5.41, 5.74) is -2.05. The van der Waals surface area contributed by atoms with Crippen LogP contribution in [0.1, 0.15) is 70.1 Å². The molecule has 2 amide bonds. The summed E-state index contributed by atoms with van der Waals surface area (Å²) < 4.78 is 50.5. The number of piperidine rings is 1. The summed E-state index contributed by atoms with van der Waals surface area (Å²) in [6.45, 7) is 15.4. The number of carbonyl (C=O) groups excluding carboxylic acids is 2. The van der Waals surface area contributed by atoms with Crippen molar-refractivity contribution in [3.05, 3.63) is 71.4 Å². The molecule has 2 aromatic heterocycles. The number of carbonyl (C=O) groups is 2. The van der Waals surface area contributed by atoms with Crippen molar-refractivity contribution in [1.29, 1.82) is 0 Å². The Morgan fingerprint density at radius 3 is 2.29 bits per heavy atom. The van der Waals surface area contributed by atoms with Crippen molar-refractivity contribution in [3.8, 4) is 11.3 Å². The number of aliphatic hydroxyl groups excluding tert-OH is 2. The van der Waals surface area contributed by atoms with E-state index in [2.05, 4.69) is 27.5 Å². The highest BCUT2D eigenvalue weighted by Gasteiger charge is 2.45. The van der Waals surface area contributed by atoms with Gasteiger partial charge in [0.25, 0.3) is 5.91 Å². The average Bonchev–Trinajstić information content (AvgIpc) is 3.01. The quantitative estimate of drug-likeness (QED) is 0.154. The van der Waals surface area contributed by atoms with E-state index in [1.165, 1.54) is 6.20 Å². The third-order valence-electron chi connectivity index (χ3n) is 9.60. The minimum absolute atomic E-state index is 0.0158. The summed E-state index contributed by atoms with van der Waals surface area (Å²) in [4.78, 5) is 47.8. The lowest BCUT2D eigenvalue weighted by Gasteiger charge is -2.48. The molecule has 0 radical (unpaired) electrons. The summed E-state index contributed by atoms with van der Waals surface area (Å²) in [5.74, 6) is -4.37. The van der Waals surface area contributed by atoms with Gasteiger partial charge in [0, 0.05) is 19.3 Å². The smallest absolute Gasteiger partial charge is 0.407 e. The minimum atomic E-state index is -2.59. The number of aromatic nitrogens is 2. The fraction of sp³-hybridized carbons (Fsp3) is 0.500. The summed E-state index contributed by atoms with van der Waals surface area (Å²) in [5, 5.41) is 24.4. The van der Waals surface area contributed by atoms with Gasteiger partial charge in [0.15, 0.2) is 8.32 Å². The van der Waals surface area contributed by atoms with E-state index in [-0.39, 0.29) is 33.8 Å². The molecule has 5 N–H and O–H groups in total. The fourth-order valence-corrected chi connectivity index (χ4v) is 6.86. The van der Waals surface area contributed by atoms with Crippen molar-refractivity contribution in [2.24, 2.45) is 11.8 Å². The van der Waals surface area contributed by atoms with Gasteiger partial charge in [-0.3, -0.25) is 9.78 Å². The Kier molecular flexibility index (Phi) is 11.9. The number of alkyl carbamates (subject to hydrolysis) is 1. The second-order valence-corrected chi connectivity index (χ2v) is 19.8. The van der Waals surface area contributed by atoms with E-state index in [0.29, 0.717) is 25.2 Å². The molecule has 3 aromatic rings. The van der Waals surface area contributed by atoms with E-state index in [4.69, 9.17) is 9.84 Å². The fourth-order valence-electron chi connectivity index (χ4n) is 6.12. The van der Waals surface area contributed by atoms with Crippen LogP contribution in [-0.4, -0.2) is 76.6 Å². The lowest BCUT2D eigenvalue weighted by molar-refractivity contribution is 0.0457. The molecule has 0 saturated carbocycles. The summed E-state index contributed by atoms with van der Waals surface area (Å²) in [7, 11) is -2.59. The van der Waals surface area contributed by atoms with Gasteiger partial charge < -0.3 is 35.3 Å². The standard InChI is InChI=1S/C36H48F3N5O6Si/c1-20-17-44(18-28(43-34(48)50-35(2,3)4)22(20)15-36(5,6)51(7,8)49)29-11-12-40-16-27(29)42-33(47)26-10-9-23(37)32(41-26)31-24(38)13-21(14-25(31)39)30(46)19-45/h9-14,16,20,22,28,30,45-46,49H,15,17-19H2,1-8H3,(H,42,47)(H,43,48)/t20-,22+,28?,30+/m0/s1. The molecule has 11 nitrogen and oxygen atoms in total. The largest absolute Gasteiger partial charge is 0.444 e. The van der Waals surface area contributed by atoms with Crippen molar-refractivity contribution < 1.29 is 42.5 Å². The molecule has 1 aromatic carbocycles. The Morgan fingerprint density at radius 2 is 1.71 bits per heavy atom. The van der Waals surface area contributed by atoms with E-state index in [9.17, 15) is 23.9 Å². The molecule has 4 atom stereocenters. The molecule has 51 heavy (non-hydrogen) atoms. The molecule has 1 aliphatic rings. The van der Waals surface area contributed by atoms with Gasteiger partial charge in [-0.25, -0.2) is 22.9 Å². The molecule has 0 bridgehead atoms. The number of aliphatic hydroxyl groups is 2. The molecule has 278 valence electrons. The number of hydrogen-bond acceptors (Lipinski definition) is 9. The molecular weight excluding hydrogens is 684 g/mol. The summed E-state index contributed by atoms with van der Waals surface area (Å²) in [6.07, 6.45) is 1.52. The van der Waals surface area contributed by atoms with E-state index in [1.807, 2.05) is 31.8 Å². The van der Waals surface area contributed by atoms with Crippen LogP contribution in [0.3, 0.4) is 0 Å². The van der Waals surface area contributed by atoms with Crippen molar-refractivity contribution in [3.63, 3.8) is 0 Å². The molecule has 4 rings (SSSR count). The normalized spacial score (nSPS) is 19.0. The van der Waals surface area contributed by atoms with Crippen LogP contribution in [0.4, 0.5) is 29.3 Å². The molecule has 0 spiro atoms. The van der Waals surface area contributed by atoms with Crippen molar-refractivity contribution in [2.75, 3.05) is 29.9 Å². The van der Waals surface area contributed by atoms with Crippen LogP contribution in [0, 0.1) is 29.3 Å². The van der Waals surface area contributed by atoms with Gasteiger partial charge in [-0.2, -0.15) is 0 Å². The molecule has 1 saturated heterocycles. The second kappa shape index (κ2) is 15.3. The molecule has 0 aliphatic carbocycles. The van der Waals surface area contributed by atoms with Gasteiger partial charge in [-0.1, -0.05) is 20.8 Å². The van der Waals surface area contributed by atoms with Gasteiger partial charge in [0.2, 0.25) is 0 Å². The van der Waals surface area contributed by atoms with E-state index >= 15 is 8.78 Å². The first-order valence-corrected chi connectivity index (χ1v) is 19.7. The van der Waals surface area contributed by atoms with Crippen molar-refractivity contribution in [1.82, 2.24) is 15.3 Å². The van der Waals surface area contributed by atoms with Crippen LogP contribution in [-0.2, 0) is 4.74 Å². The Bertz CT molecular complexity index is 1730. The highest BCUT2D eigenvalue weighted by atomic mass is 28.4. The zero-order chi connectivity index (χ0) is 38.1. The summed E-state index contributed by atoms with van der Waals surface area (Å²) >= 11 is 0. The highest BCUT2D eigenvalue weighted by molar-refractivity contribution is 6.72. The lowest BCUT2D eigenvalue weighted by Crippen LogP contribution is -2.58. The van der Waals surface area contributed by atoms with Crippen LogP contribution in [0.2, 0.25) is 18.1 Å². The third-order valence-corrected chi connectivity index (χ3v) is 13.1. The van der Waals surface area contributed by atoms with Gasteiger partial charge in [0.05, 0.1) is 35.8 Å². The number of amides is 2. The molecule has 1 aliphatic heterocycles. The lowest BCUT2D eigenvalue weighted by atomic mass is 9.77. The number of anilines is 2. The third kappa shape index (κ3) is 9.44. The first-order valence-electron chi connectivity index (χ1n) is 16.8. The number of benzene rings is 1. The van der Waals surface area contributed by atoms with Crippen LogP contribution >= 0.6 is 0 Å².